The topological polar surface area (TPSA) is 103 Å². The number of aryl methyl sites for hydroxylation is 1. The van der Waals surface area contributed by atoms with Gasteiger partial charge >= 0.3 is 5.97 Å². The van der Waals surface area contributed by atoms with Crippen molar-refractivity contribution in [1.82, 2.24) is 5.32 Å². The summed E-state index contributed by atoms with van der Waals surface area (Å²) in [4.78, 5) is 38.6. The molecule has 0 spiro atoms. The molecule has 1 aromatic heterocycles. The lowest BCUT2D eigenvalue weighted by molar-refractivity contribution is 0.0600. The Morgan fingerprint density at radius 3 is 2.46 bits per heavy atom. The molecule has 0 fully saturated rings. The van der Waals surface area contributed by atoms with Gasteiger partial charge in [0.1, 0.15) is 5.00 Å². The molecule has 1 aliphatic rings. The highest BCUT2D eigenvalue weighted by atomic mass is 32.1. The van der Waals surface area contributed by atoms with Crippen molar-refractivity contribution in [2.24, 2.45) is 0 Å². The smallest absolute Gasteiger partial charge is 0.337 e. The van der Waals surface area contributed by atoms with Gasteiger partial charge in [-0.3, -0.25) is 9.59 Å². The summed E-state index contributed by atoms with van der Waals surface area (Å²) in [6.07, 6.45) is 2.84. The minimum absolute atomic E-state index is 0.190. The third-order valence-electron chi connectivity index (χ3n) is 5.49. The maximum Gasteiger partial charge on any atom is 0.337 e. The fourth-order valence-electron chi connectivity index (χ4n) is 3.56. The summed E-state index contributed by atoms with van der Waals surface area (Å²) in [5.74, 6) is 0.216. The van der Waals surface area contributed by atoms with Crippen LogP contribution < -0.4 is 20.1 Å². The molecule has 4 rings (SSSR count). The molecule has 0 atom stereocenters. The van der Waals surface area contributed by atoms with Crippen LogP contribution in [-0.4, -0.2) is 31.7 Å². The largest absolute Gasteiger partial charge is 0.465 e. The SMILES string of the molecule is CCCCc1cc(C(=O)NCc2ccc3c(c2)OCO3)c(NC(=O)c2ccc(C(=O)OC)cc2)s1. The van der Waals surface area contributed by atoms with Crippen LogP contribution in [0.5, 0.6) is 11.5 Å². The Labute approximate surface area is 207 Å². The third-order valence-corrected chi connectivity index (χ3v) is 6.60. The summed E-state index contributed by atoms with van der Waals surface area (Å²) in [5, 5.41) is 6.28. The number of unbranched alkanes of at least 4 members (excludes halogenated alkanes) is 1. The van der Waals surface area contributed by atoms with Crippen molar-refractivity contribution in [1.29, 1.82) is 0 Å². The average molecular weight is 495 g/mol. The summed E-state index contributed by atoms with van der Waals surface area (Å²) < 4.78 is 15.4. The molecule has 2 N–H and O–H groups in total. The predicted octanol–water partition coefficient (Wildman–Crippen LogP) is 4.79. The van der Waals surface area contributed by atoms with Crippen LogP contribution in [0.2, 0.25) is 0 Å². The molecule has 35 heavy (non-hydrogen) atoms. The van der Waals surface area contributed by atoms with Crippen LogP contribution in [0.25, 0.3) is 0 Å². The Morgan fingerprint density at radius 2 is 1.71 bits per heavy atom. The number of hydrogen-bond acceptors (Lipinski definition) is 7. The summed E-state index contributed by atoms with van der Waals surface area (Å²) in [6.45, 7) is 2.60. The van der Waals surface area contributed by atoms with E-state index < -0.39 is 5.97 Å². The second-order valence-corrected chi connectivity index (χ2v) is 9.09. The Bertz CT molecular complexity index is 1240. The van der Waals surface area contributed by atoms with E-state index in [2.05, 4.69) is 17.6 Å². The lowest BCUT2D eigenvalue weighted by Crippen LogP contribution is -2.24. The molecule has 0 saturated heterocycles. The lowest BCUT2D eigenvalue weighted by Gasteiger charge is -2.09. The molecule has 2 amide bonds. The number of ether oxygens (including phenoxy) is 3. The fraction of sp³-hybridized carbons (Fsp3) is 0.269. The number of amides is 2. The van der Waals surface area contributed by atoms with E-state index in [0.717, 1.165) is 29.7 Å². The minimum Gasteiger partial charge on any atom is -0.465 e. The molecule has 0 bridgehead atoms. The molecule has 8 nitrogen and oxygen atoms in total. The summed E-state index contributed by atoms with van der Waals surface area (Å²) >= 11 is 1.40. The van der Waals surface area contributed by atoms with Crippen LogP contribution in [0.15, 0.2) is 48.5 Å². The molecule has 9 heteroatoms. The number of carbonyl (C=O) groups excluding carboxylic acids is 3. The van der Waals surface area contributed by atoms with Crippen LogP contribution in [0, 0.1) is 0 Å². The molecule has 0 unspecified atom stereocenters. The van der Waals surface area contributed by atoms with E-state index in [1.807, 2.05) is 24.3 Å². The zero-order valence-corrected chi connectivity index (χ0v) is 20.3. The summed E-state index contributed by atoms with van der Waals surface area (Å²) in [7, 11) is 1.30. The normalized spacial score (nSPS) is 11.7. The van der Waals surface area contributed by atoms with Gasteiger partial charge in [0.25, 0.3) is 11.8 Å². The van der Waals surface area contributed by atoms with Crippen LogP contribution in [-0.2, 0) is 17.7 Å². The molecular weight excluding hydrogens is 468 g/mol. The van der Waals surface area contributed by atoms with Gasteiger partial charge in [-0.2, -0.15) is 0 Å². The van der Waals surface area contributed by atoms with Gasteiger partial charge in [0, 0.05) is 17.0 Å². The van der Waals surface area contributed by atoms with Gasteiger partial charge in [-0.15, -0.1) is 11.3 Å². The van der Waals surface area contributed by atoms with E-state index in [0.29, 0.717) is 39.7 Å². The van der Waals surface area contributed by atoms with E-state index in [1.165, 1.54) is 30.6 Å². The minimum atomic E-state index is -0.475. The van der Waals surface area contributed by atoms with Crippen LogP contribution in [0.4, 0.5) is 5.00 Å². The number of thiophene rings is 1. The first-order chi connectivity index (χ1) is 17.0. The quantitative estimate of drug-likeness (QED) is 0.415. The maximum atomic E-state index is 13.1. The molecule has 0 saturated carbocycles. The van der Waals surface area contributed by atoms with Gasteiger partial charge < -0.3 is 24.8 Å². The van der Waals surface area contributed by atoms with Gasteiger partial charge in [-0.05, 0) is 60.9 Å². The lowest BCUT2D eigenvalue weighted by atomic mass is 10.1. The number of anilines is 1. The van der Waals surface area contributed by atoms with Crippen molar-refractivity contribution >= 4 is 34.1 Å². The highest BCUT2D eigenvalue weighted by molar-refractivity contribution is 7.16. The van der Waals surface area contributed by atoms with Gasteiger partial charge in [0.2, 0.25) is 6.79 Å². The summed E-state index contributed by atoms with van der Waals surface area (Å²) in [5.41, 5.74) is 2.01. The first-order valence-corrected chi connectivity index (χ1v) is 12.1. The molecular formula is C26H26N2O6S. The maximum absolute atomic E-state index is 13.1. The zero-order chi connectivity index (χ0) is 24.8. The van der Waals surface area contributed by atoms with E-state index in [9.17, 15) is 14.4 Å². The molecule has 2 aromatic carbocycles. The van der Waals surface area contributed by atoms with Gasteiger partial charge in [0.05, 0.1) is 18.2 Å². The van der Waals surface area contributed by atoms with Crippen molar-refractivity contribution in [3.8, 4) is 11.5 Å². The zero-order valence-electron chi connectivity index (χ0n) is 19.5. The van der Waals surface area contributed by atoms with Crippen LogP contribution in [0.1, 0.15) is 61.3 Å². The number of methoxy groups -OCH3 is 1. The molecule has 2 heterocycles. The number of fused-ring (bicyclic) bond motifs is 1. The Kier molecular flexibility index (Phi) is 7.67. The Balaban J connectivity index is 1.48. The molecule has 0 aliphatic carbocycles. The molecule has 182 valence electrons. The molecule has 1 aliphatic heterocycles. The van der Waals surface area contributed by atoms with E-state index in [1.54, 1.807) is 12.1 Å². The number of carbonyl (C=O) groups is 3. The van der Waals surface area contributed by atoms with Crippen LogP contribution in [0.3, 0.4) is 0 Å². The second-order valence-electron chi connectivity index (χ2n) is 7.95. The van der Waals surface area contributed by atoms with E-state index in [-0.39, 0.29) is 18.6 Å². The van der Waals surface area contributed by atoms with E-state index >= 15 is 0 Å². The summed E-state index contributed by atoms with van der Waals surface area (Å²) in [6, 6.07) is 13.5. The second kappa shape index (κ2) is 11.1. The highest BCUT2D eigenvalue weighted by Gasteiger charge is 2.20. The number of rotatable bonds is 9. The monoisotopic (exact) mass is 494 g/mol. The number of benzene rings is 2. The van der Waals surface area contributed by atoms with Crippen molar-refractivity contribution in [3.05, 3.63) is 75.7 Å². The average Bonchev–Trinajstić information content (AvgIpc) is 3.52. The number of hydrogen-bond donors (Lipinski definition) is 2. The van der Waals surface area contributed by atoms with Crippen molar-refractivity contribution in [2.45, 2.75) is 32.7 Å². The van der Waals surface area contributed by atoms with Gasteiger partial charge in [-0.25, -0.2) is 4.79 Å². The Hall–Kier alpha value is -3.85. The fourth-order valence-corrected chi connectivity index (χ4v) is 4.65. The Morgan fingerprint density at radius 1 is 0.971 bits per heavy atom. The van der Waals surface area contributed by atoms with Gasteiger partial charge in [0.15, 0.2) is 11.5 Å². The first kappa shape index (κ1) is 24.3. The number of esters is 1. The van der Waals surface area contributed by atoms with Crippen molar-refractivity contribution in [2.75, 3.05) is 19.2 Å². The third kappa shape index (κ3) is 5.81. The van der Waals surface area contributed by atoms with Crippen molar-refractivity contribution < 1.29 is 28.6 Å². The number of nitrogens with one attached hydrogen (secondary N) is 2. The standard InChI is InChI=1S/C26H26N2O6S/c1-3-4-5-19-13-20(24(30)27-14-16-6-11-21-22(12-16)34-15-33-21)25(35-19)28-23(29)17-7-9-18(10-8-17)26(31)32-2/h6-13H,3-5,14-15H2,1-2H3,(H,27,30)(H,28,29). The van der Waals surface area contributed by atoms with Crippen LogP contribution >= 0.6 is 11.3 Å². The van der Waals surface area contributed by atoms with Crippen molar-refractivity contribution in [3.63, 3.8) is 0 Å². The first-order valence-electron chi connectivity index (χ1n) is 11.3. The highest BCUT2D eigenvalue weighted by Crippen LogP contribution is 2.33. The molecule has 3 aromatic rings. The molecule has 0 radical (unpaired) electrons. The van der Waals surface area contributed by atoms with Gasteiger partial charge in [-0.1, -0.05) is 19.4 Å². The predicted molar refractivity (Wildman–Crippen MR) is 132 cm³/mol. The van der Waals surface area contributed by atoms with E-state index in [4.69, 9.17) is 14.2 Å².